The van der Waals surface area contributed by atoms with Gasteiger partial charge in [-0.3, -0.25) is 9.69 Å². The van der Waals surface area contributed by atoms with Gasteiger partial charge in [0.15, 0.2) is 0 Å². The Labute approximate surface area is 233 Å². The van der Waals surface area contributed by atoms with Gasteiger partial charge in [-0.1, -0.05) is 74.1 Å². The van der Waals surface area contributed by atoms with Gasteiger partial charge in [-0.25, -0.2) is 13.1 Å². The monoisotopic (exact) mass is 566 g/mol. The normalized spacial score (nSPS) is 18.0. The van der Waals surface area contributed by atoms with Crippen LogP contribution in [0.1, 0.15) is 44.7 Å². The average molecular weight is 567 g/mol. The standard InChI is InChI=1S/C28H30N4O3S3/c1-2-3-18-31-27(33)26(37-28(31)36)20-23-19-25(29-32(23)22-10-6-4-7-11-22)21-12-14-24(15-13-21)38(34,35)30-16-8-5-9-17-30/h4,6-7,10-15,19-20H,2-3,5,8-9,16-18H2,1H3. The van der Waals surface area contributed by atoms with Gasteiger partial charge in [0.2, 0.25) is 10.0 Å². The zero-order chi connectivity index (χ0) is 26.7. The highest BCUT2D eigenvalue weighted by molar-refractivity contribution is 8.26. The molecule has 1 amide bonds. The molecule has 0 aliphatic carbocycles. The molecule has 0 atom stereocenters. The lowest BCUT2D eigenvalue weighted by molar-refractivity contribution is -0.122. The maximum Gasteiger partial charge on any atom is 0.266 e. The summed E-state index contributed by atoms with van der Waals surface area (Å²) < 4.78 is 30.1. The molecule has 2 fully saturated rings. The van der Waals surface area contributed by atoms with E-state index in [0.29, 0.717) is 39.4 Å². The Morgan fingerprint density at radius 2 is 1.74 bits per heavy atom. The molecule has 38 heavy (non-hydrogen) atoms. The number of amides is 1. The quantitative estimate of drug-likeness (QED) is 0.257. The van der Waals surface area contributed by atoms with E-state index in [-0.39, 0.29) is 5.91 Å². The van der Waals surface area contributed by atoms with Crippen LogP contribution in [0.2, 0.25) is 0 Å². The number of rotatable bonds is 8. The molecule has 10 heteroatoms. The van der Waals surface area contributed by atoms with Crippen molar-refractivity contribution in [3.63, 3.8) is 0 Å². The summed E-state index contributed by atoms with van der Waals surface area (Å²) in [7, 11) is -3.50. The molecule has 1 aromatic heterocycles. The molecular formula is C28H30N4O3S3. The van der Waals surface area contributed by atoms with Crippen LogP contribution in [0.4, 0.5) is 0 Å². The van der Waals surface area contributed by atoms with Crippen LogP contribution in [-0.4, -0.2) is 57.3 Å². The second-order valence-electron chi connectivity index (χ2n) is 9.38. The molecule has 7 nitrogen and oxygen atoms in total. The smallest absolute Gasteiger partial charge is 0.266 e. The van der Waals surface area contributed by atoms with Crippen molar-refractivity contribution in [1.82, 2.24) is 19.0 Å². The summed E-state index contributed by atoms with van der Waals surface area (Å²) in [5.74, 6) is -0.0805. The Balaban J connectivity index is 1.48. The maximum absolute atomic E-state index is 13.1. The summed E-state index contributed by atoms with van der Waals surface area (Å²) in [6, 6.07) is 18.5. The third-order valence-electron chi connectivity index (χ3n) is 6.73. The zero-order valence-electron chi connectivity index (χ0n) is 21.2. The number of sulfonamides is 1. The van der Waals surface area contributed by atoms with Gasteiger partial charge in [-0.15, -0.1) is 0 Å². The van der Waals surface area contributed by atoms with Gasteiger partial charge in [0.25, 0.3) is 5.91 Å². The zero-order valence-corrected chi connectivity index (χ0v) is 23.7. The summed E-state index contributed by atoms with van der Waals surface area (Å²) >= 11 is 6.78. The third-order valence-corrected chi connectivity index (χ3v) is 10.0. The van der Waals surface area contributed by atoms with Gasteiger partial charge in [0.1, 0.15) is 4.32 Å². The molecule has 3 heterocycles. The van der Waals surface area contributed by atoms with E-state index in [2.05, 4.69) is 6.92 Å². The molecule has 0 unspecified atom stereocenters. The highest BCUT2D eigenvalue weighted by Crippen LogP contribution is 2.34. The van der Waals surface area contributed by atoms with E-state index in [4.69, 9.17) is 17.3 Å². The number of carbonyl (C=O) groups excluding carboxylic acids is 1. The molecule has 0 radical (unpaired) electrons. The molecule has 2 aliphatic rings. The van der Waals surface area contributed by atoms with Crippen LogP contribution < -0.4 is 0 Å². The second kappa shape index (κ2) is 11.5. The maximum atomic E-state index is 13.1. The number of nitrogens with zero attached hydrogens (tertiary/aromatic N) is 4. The van der Waals surface area contributed by atoms with Gasteiger partial charge in [-0.2, -0.15) is 9.40 Å². The molecule has 2 aliphatic heterocycles. The predicted octanol–water partition coefficient (Wildman–Crippen LogP) is 5.72. The SMILES string of the molecule is CCCCN1C(=O)C(=Cc2cc(-c3ccc(S(=O)(=O)N4CCCCC4)cc3)nn2-c2ccccc2)SC1=S. The summed E-state index contributed by atoms with van der Waals surface area (Å²) in [4.78, 5) is 15.6. The molecule has 3 aromatic rings. The number of para-hydroxylation sites is 1. The minimum absolute atomic E-state index is 0.0805. The highest BCUT2D eigenvalue weighted by atomic mass is 32.2. The number of hydrogen-bond donors (Lipinski definition) is 0. The van der Waals surface area contributed by atoms with E-state index < -0.39 is 10.0 Å². The topological polar surface area (TPSA) is 75.5 Å². The summed E-state index contributed by atoms with van der Waals surface area (Å²) in [5.41, 5.74) is 3.08. The van der Waals surface area contributed by atoms with E-state index in [1.807, 2.05) is 42.5 Å². The number of aromatic nitrogens is 2. The molecule has 198 valence electrons. The first-order valence-electron chi connectivity index (χ1n) is 12.9. The van der Waals surface area contributed by atoms with Crippen molar-refractivity contribution < 1.29 is 13.2 Å². The first-order chi connectivity index (χ1) is 18.4. The van der Waals surface area contributed by atoms with Crippen molar-refractivity contribution in [3.05, 3.63) is 71.3 Å². The minimum atomic E-state index is -3.50. The first kappa shape index (κ1) is 26.8. The fraction of sp³-hybridized carbons (Fsp3) is 0.321. The predicted molar refractivity (Wildman–Crippen MR) is 156 cm³/mol. The van der Waals surface area contributed by atoms with Gasteiger partial charge >= 0.3 is 0 Å². The van der Waals surface area contributed by atoms with E-state index >= 15 is 0 Å². The molecule has 0 N–H and O–H groups in total. The third kappa shape index (κ3) is 5.49. The van der Waals surface area contributed by atoms with Crippen LogP contribution in [0.3, 0.4) is 0 Å². The number of piperidine rings is 1. The Morgan fingerprint density at radius 3 is 2.42 bits per heavy atom. The molecule has 2 saturated heterocycles. The lowest BCUT2D eigenvalue weighted by Gasteiger charge is -2.25. The van der Waals surface area contributed by atoms with Crippen LogP contribution in [0.5, 0.6) is 0 Å². The number of thiocarbonyl (C=S) groups is 1. The Kier molecular flexibility index (Phi) is 8.13. The van der Waals surface area contributed by atoms with Crippen molar-refractivity contribution >= 4 is 50.3 Å². The van der Waals surface area contributed by atoms with Crippen molar-refractivity contribution in [2.24, 2.45) is 0 Å². The minimum Gasteiger partial charge on any atom is -0.293 e. The van der Waals surface area contributed by atoms with Crippen LogP contribution in [0, 0.1) is 0 Å². The number of hydrogen-bond acceptors (Lipinski definition) is 6. The first-order valence-corrected chi connectivity index (χ1v) is 15.6. The summed E-state index contributed by atoms with van der Waals surface area (Å²) in [6.45, 7) is 3.84. The van der Waals surface area contributed by atoms with Gasteiger partial charge in [0, 0.05) is 25.2 Å². The molecule has 5 rings (SSSR count). The highest BCUT2D eigenvalue weighted by Gasteiger charge is 2.32. The number of carbonyl (C=O) groups is 1. The van der Waals surface area contributed by atoms with Crippen molar-refractivity contribution in [2.45, 2.75) is 43.9 Å². The number of thioether (sulfide) groups is 1. The lowest BCUT2D eigenvalue weighted by atomic mass is 10.1. The van der Waals surface area contributed by atoms with Crippen LogP contribution in [0.15, 0.2) is 70.5 Å². The summed E-state index contributed by atoms with van der Waals surface area (Å²) in [6.07, 6.45) is 6.58. The molecule has 0 saturated carbocycles. The second-order valence-corrected chi connectivity index (χ2v) is 13.0. The Bertz CT molecular complexity index is 1460. The van der Waals surface area contributed by atoms with Crippen molar-refractivity contribution in [2.75, 3.05) is 19.6 Å². The van der Waals surface area contributed by atoms with E-state index in [0.717, 1.165) is 49.0 Å². The van der Waals surface area contributed by atoms with Crippen LogP contribution in [-0.2, 0) is 14.8 Å². The van der Waals surface area contributed by atoms with Crippen molar-refractivity contribution in [3.8, 4) is 16.9 Å². The molecule has 0 spiro atoms. The van der Waals surface area contributed by atoms with E-state index in [9.17, 15) is 13.2 Å². The molecule has 0 bridgehead atoms. The summed E-state index contributed by atoms with van der Waals surface area (Å²) in [5, 5.41) is 4.83. The van der Waals surface area contributed by atoms with E-state index in [1.54, 1.807) is 38.2 Å². The van der Waals surface area contributed by atoms with Crippen molar-refractivity contribution in [1.29, 1.82) is 0 Å². The number of unbranched alkanes of at least 4 members (excludes halogenated alkanes) is 1. The Morgan fingerprint density at radius 1 is 1.03 bits per heavy atom. The Hall–Kier alpha value is -2.79. The lowest BCUT2D eigenvalue weighted by Crippen LogP contribution is -2.35. The van der Waals surface area contributed by atoms with E-state index in [1.165, 1.54) is 11.8 Å². The largest absolute Gasteiger partial charge is 0.293 e. The number of benzene rings is 2. The fourth-order valence-corrected chi connectivity index (χ4v) is 7.42. The fourth-order valence-electron chi connectivity index (χ4n) is 4.61. The average Bonchev–Trinajstić information content (AvgIpc) is 3.48. The van der Waals surface area contributed by atoms with Gasteiger partial charge in [-0.05, 0) is 55.7 Å². The molecule has 2 aromatic carbocycles. The van der Waals surface area contributed by atoms with Gasteiger partial charge < -0.3 is 0 Å². The van der Waals surface area contributed by atoms with Crippen LogP contribution >= 0.6 is 24.0 Å². The van der Waals surface area contributed by atoms with Crippen LogP contribution in [0.25, 0.3) is 23.0 Å². The van der Waals surface area contributed by atoms with Gasteiger partial charge in [0.05, 0.1) is 26.9 Å². The molecular weight excluding hydrogens is 537 g/mol.